The maximum atomic E-state index is 4.51. The third-order valence-electron chi connectivity index (χ3n) is 2.85. The topological polar surface area (TPSA) is 24.9 Å². The summed E-state index contributed by atoms with van der Waals surface area (Å²) in [5.74, 6) is 0. The van der Waals surface area contributed by atoms with E-state index in [1.165, 1.54) is 18.5 Å². The standard InChI is InChI=1S/C11H16N2/c1-9-4-3-5-10(13-9)8-11(12-2)6-7-11/h3-5,12H,6-8H2,1-2H3. The van der Waals surface area contributed by atoms with Crippen molar-refractivity contribution in [1.29, 1.82) is 0 Å². The largest absolute Gasteiger partial charge is 0.314 e. The predicted molar refractivity (Wildman–Crippen MR) is 53.7 cm³/mol. The molecule has 1 aliphatic carbocycles. The van der Waals surface area contributed by atoms with Crippen molar-refractivity contribution in [2.24, 2.45) is 0 Å². The molecule has 0 saturated heterocycles. The molecule has 1 heterocycles. The highest BCUT2D eigenvalue weighted by atomic mass is 15.0. The summed E-state index contributed by atoms with van der Waals surface area (Å²) in [5, 5.41) is 3.38. The summed E-state index contributed by atoms with van der Waals surface area (Å²) < 4.78 is 0. The zero-order valence-corrected chi connectivity index (χ0v) is 8.30. The molecule has 1 saturated carbocycles. The fourth-order valence-corrected chi connectivity index (χ4v) is 1.71. The van der Waals surface area contributed by atoms with Crippen LogP contribution in [0.25, 0.3) is 0 Å². The highest BCUT2D eigenvalue weighted by molar-refractivity contribution is 5.16. The summed E-state index contributed by atoms with van der Waals surface area (Å²) in [4.78, 5) is 4.51. The van der Waals surface area contributed by atoms with Crippen LogP contribution in [0.3, 0.4) is 0 Å². The van der Waals surface area contributed by atoms with Gasteiger partial charge in [-0.25, -0.2) is 0 Å². The van der Waals surface area contributed by atoms with Crippen LogP contribution in [0.15, 0.2) is 18.2 Å². The molecular formula is C11H16N2. The van der Waals surface area contributed by atoms with Gasteiger partial charge in [-0.2, -0.15) is 0 Å². The lowest BCUT2D eigenvalue weighted by Gasteiger charge is -2.13. The van der Waals surface area contributed by atoms with E-state index in [2.05, 4.69) is 22.4 Å². The molecule has 0 aromatic carbocycles. The Hall–Kier alpha value is -0.890. The Labute approximate surface area is 79.4 Å². The van der Waals surface area contributed by atoms with E-state index < -0.39 is 0 Å². The summed E-state index contributed by atoms with van der Waals surface area (Å²) in [7, 11) is 2.04. The number of hydrogen-bond acceptors (Lipinski definition) is 2. The number of aryl methyl sites for hydroxylation is 1. The van der Waals surface area contributed by atoms with Crippen LogP contribution in [0.1, 0.15) is 24.2 Å². The third-order valence-corrected chi connectivity index (χ3v) is 2.85. The molecule has 1 aromatic rings. The lowest BCUT2D eigenvalue weighted by molar-refractivity contribution is 0.541. The monoisotopic (exact) mass is 176 g/mol. The summed E-state index contributed by atoms with van der Waals surface area (Å²) in [6, 6.07) is 6.25. The zero-order valence-electron chi connectivity index (χ0n) is 8.30. The fourth-order valence-electron chi connectivity index (χ4n) is 1.71. The van der Waals surface area contributed by atoms with Gasteiger partial charge in [0.05, 0.1) is 0 Å². The molecule has 13 heavy (non-hydrogen) atoms. The van der Waals surface area contributed by atoms with Crippen molar-refractivity contribution in [2.75, 3.05) is 7.05 Å². The number of hydrogen-bond donors (Lipinski definition) is 1. The molecule has 2 nitrogen and oxygen atoms in total. The van der Waals surface area contributed by atoms with Gasteiger partial charge in [-0.15, -0.1) is 0 Å². The lowest BCUT2D eigenvalue weighted by Crippen LogP contribution is -2.29. The van der Waals surface area contributed by atoms with Crippen LogP contribution in [-0.4, -0.2) is 17.6 Å². The van der Waals surface area contributed by atoms with Crippen molar-refractivity contribution >= 4 is 0 Å². The minimum Gasteiger partial charge on any atom is -0.314 e. The van der Waals surface area contributed by atoms with Crippen LogP contribution >= 0.6 is 0 Å². The maximum absolute atomic E-state index is 4.51. The normalized spacial score (nSPS) is 18.6. The Morgan fingerprint density at radius 3 is 2.77 bits per heavy atom. The van der Waals surface area contributed by atoms with Crippen LogP contribution in [0.2, 0.25) is 0 Å². The van der Waals surface area contributed by atoms with Crippen LogP contribution in [0.5, 0.6) is 0 Å². The minimum atomic E-state index is 0.376. The van der Waals surface area contributed by atoms with Crippen molar-refractivity contribution < 1.29 is 0 Å². The molecule has 1 aromatic heterocycles. The molecular weight excluding hydrogens is 160 g/mol. The maximum Gasteiger partial charge on any atom is 0.0425 e. The van der Waals surface area contributed by atoms with E-state index >= 15 is 0 Å². The SMILES string of the molecule is CNC1(Cc2cccc(C)n2)CC1. The van der Waals surface area contributed by atoms with Gasteiger partial charge in [0.15, 0.2) is 0 Å². The van der Waals surface area contributed by atoms with Gasteiger partial charge in [0.1, 0.15) is 0 Å². The molecule has 0 amide bonds. The van der Waals surface area contributed by atoms with Crippen LogP contribution in [0, 0.1) is 6.92 Å². The molecule has 0 bridgehead atoms. The van der Waals surface area contributed by atoms with Crippen molar-refractivity contribution in [1.82, 2.24) is 10.3 Å². The highest BCUT2D eigenvalue weighted by Crippen LogP contribution is 2.37. The summed E-state index contributed by atoms with van der Waals surface area (Å²) >= 11 is 0. The first-order valence-electron chi connectivity index (χ1n) is 4.86. The Morgan fingerprint density at radius 2 is 2.23 bits per heavy atom. The van der Waals surface area contributed by atoms with Gasteiger partial charge in [-0.05, 0) is 38.9 Å². The lowest BCUT2D eigenvalue weighted by atomic mass is 10.1. The highest BCUT2D eigenvalue weighted by Gasteiger charge is 2.41. The predicted octanol–water partition coefficient (Wildman–Crippen LogP) is 1.68. The second kappa shape index (κ2) is 3.11. The summed E-state index contributed by atoms with van der Waals surface area (Å²) in [6.45, 7) is 2.04. The third kappa shape index (κ3) is 1.89. The van der Waals surface area contributed by atoms with Gasteiger partial charge in [-0.1, -0.05) is 6.07 Å². The second-order valence-corrected chi connectivity index (χ2v) is 3.98. The number of nitrogens with one attached hydrogen (secondary N) is 1. The van der Waals surface area contributed by atoms with Crippen molar-refractivity contribution in [2.45, 2.75) is 31.7 Å². The molecule has 70 valence electrons. The molecule has 0 radical (unpaired) electrons. The Kier molecular flexibility index (Phi) is 2.08. The van der Waals surface area contributed by atoms with E-state index in [9.17, 15) is 0 Å². The Bertz CT molecular complexity index is 303. The van der Waals surface area contributed by atoms with Crippen molar-refractivity contribution in [3.63, 3.8) is 0 Å². The van der Waals surface area contributed by atoms with E-state index in [0.717, 1.165) is 12.1 Å². The first-order valence-corrected chi connectivity index (χ1v) is 4.86. The average molecular weight is 176 g/mol. The first-order chi connectivity index (χ1) is 6.24. The Morgan fingerprint density at radius 1 is 1.46 bits per heavy atom. The van der Waals surface area contributed by atoms with Crippen molar-refractivity contribution in [3.8, 4) is 0 Å². The van der Waals surface area contributed by atoms with Gasteiger partial charge in [0.25, 0.3) is 0 Å². The van der Waals surface area contributed by atoms with E-state index in [1.54, 1.807) is 0 Å². The number of rotatable bonds is 3. The van der Waals surface area contributed by atoms with Gasteiger partial charge in [0, 0.05) is 23.3 Å². The van der Waals surface area contributed by atoms with E-state index in [1.807, 2.05) is 20.0 Å². The number of aromatic nitrogens is 1. The zero-order chi connectivity index (χ0) is 9.31. The van der Waals surface area contributed by atoms with Crippen LogP contribution < -0.4 is 5.32 Å². The molecule has 1 N–H and O–H groups in total. The molecule has 2 rings (SSSR count). The van der Waals surface area contributed by atoms with E-state index in [-0.39, 0.29) is 0 Å². The average Bonchev–Trinajstić information content (AvgIpc) is 2.86. The first kappa shape index (κ1) is 8.70. The Balaban J connectivity index is 2.09. The van der Waals surface area contributed by atoms with Gasteiger partial charge in [0.2, 0.25) is 0 Å². The van der Waals surface area contributed by atoms with Gasteiger partial charge < -0.3 is 5.32 Å². The second-order valence-electron chi connectivity index (χ2n) is 3.98. The summed E-state index contributed by atoms with van der Waals surface area (Å²) in [6.07, 6.45) is 3.66. The molecule has 0 aliphatic heterocycles. The molecule has 0 spiro atoms. The van der Waals surface area contributed by atoms with Gasteiger partial charge >= 0.3 is 0 Å². The summed E-state index contributed by atoms with van der Waals surface area (Å²) in [5.41, 5.74) is 2.71. The van der Waals surface area contributed by atoms with E-state index in [4.69, 9.17) is 0 Å². The number of nitrogens with zero attached hydrogens (tertiary/aromatic N) is 1. The molecule has 0 atom stereocenters. The molecule has 1 fully saturated rings. The van der Waals surface area contributed by atoms with Gasteiger partial charge in [-0.3, -0.25) is 4.98 Å². The fraction of sp³-hybridized carbons (Fsp3) is 0.545. The van der Waals surface area contributed by atoms with Crippen LogP contribution in [0.4, 0.5) is 0 Å². The molecule has 1 aliphatic rings. The quantitative estimate of drug-likeness (QED) is 0.758. The van der Waals surface area contributed by atoms with Crippen LogP contribution in [-0.2, 0) is 6.42 Å². The number of pyridine rings is 1. The minimum absolute atomic E-state index is 0.376. The number of likely N-dealkylation sites (N-methyl/N-ethyl adjacent to an activating group) is 1. The molecule has 0 unspecified atom stereocenters. The van der Waals surface area contributed by atoms with Crippen molar-refractivity contribution in [3.05, 3.63) is 29.6 Å². The smallest absolute Gasteiger partial charge is 0.0425 e. The molecule has 2 heteroatoms. The van der Waals surface area contributed by atoms with E-state index in [0.29, 0.717) is 5.54 Å².